The number of pyridine rings is 1. The van der Waals surface area contributed by atoms with Gasteiger partial charge in [0.1, 0.15) is 0 Å². The number of anilines is 1. The van der Waals surface area contributed by atoms with E-state index in [-0.39, 0.29) is 23.7 Å². The molecule has 2 aromatic heterocycles. The first-order valence-electron chi connectivity index (χ1n) is 9.38. The van der Waals surface area contributed by atoms with E-state index >= 15 is 0 Å². The van der Waals surface area contributed by atoms with Crippen molar-refractivity contribution in [1.29, 1.82) is 0 Å². The van der Waals surface area contributed by atoms with E-state index in [1.807, 2.05) is 51.1 Å². The lowest BCUT2D eigenvalue weighted by atomic mass is 10.2. The van der Waals surface area contributed by atoms with Gasteiger partial charge in [0.15, 0.2) is 0 Å². The Balaban J connectivity index is 1.67. The van der Waals surface area contributed by atoms with Crippen LogP contribution in [0.1, 0.15) is 36.9 Å². The fraction of sp³-hybridized carbons (Fsp3) is 0.333. The maximum Gasteiger partial charge on any atom is 0.261 e. The van der Waals surface area contributed by atoms with E-state index < -0.39 is 0 Å². The van der Waals surface area contributed by atoms with Gasteiger partial charge in [0.2, 0.25) is 17.6 Å². The number of carbonyl (C=O) groups is 1. The highest BCUT2D eigenvalue weighted by Gasteiger charge is 2.15. The molecule has 1 aromatic carbocycles. The zero-order valence-corrected chi connectivity index (χ0v) is 16.4. The van der Waals surface area contributed by atoms with Crippen molar-refractivity contribution in [1.82, 2.24) is 14.7 Å². The Hall–Kier alpha value is -3.22. The third-order valence-corrected chi connectivity index (χ3v) is 4.42. The van der Waals surface area contributed by atoms with Crippen molar-refractivity contribution < 1.29 is 9.32 Å². The topological polar surface area (TPSA) is 90.0 Å². The molecule has 3 aromatic rings. The molecular formula is C21H24N4O3. The summed E-state index contributed by atoms with van der Waals surface area (Å²) in [5.41, 5.74) is 3.00. The van der Waals surface area contributed by atoms with Crippen LogP contribution < -0.4 is 10.9 Å². The molecule has 1 N–H and O–H groups in total. The molecule has 146 valence electrons. The lowest BCUT2D eigenvalue weighted by Crippen LogP contribution is -2.23. The summed E-state index contributed by atoms with van der Waals surface area (Å²) in [6.07, 6.45) is 1.38. The number of carbonyl (C=O) groups excluding carboxylic acids is 1. The third-order valence-electron chi connectivity index (χ3n) is 4.42. The average Bonchev–Trinajstić information content (AvgIpc) is 3.12. The van der Waals surface area contributed by atoms with Crippen molar-refractivity contribution in [3.05, 3.63) is 63.9 Å². The van der Waals surface area contributed by atoms with Crippen LogP contribution in [-0.2, 0) is 17.8 Å². The van der Waals surface area contributed by atoms with Crippen molar-refractivity contribution in [3.8, 4) is 11.4 Å². The van der Waals surface area contributed by atoms with E-state index in [1.54, 1.807) is 10.6 Å². The highest BCUT2D eigenvalue weighted by atomic mass is 16.5. The van der Waals surface area contributed by atoms with Crippen molar-refractivity contribution in [3.63, 3.8) is 0 Å². The van der Waals surface area contributed by atoms with Crippen LogP contribution in [0.25, 0.3) is 11.4 Å². The summed E-state index contributed by atoms with van der Waals surface area (Å²) < 4.78 is 6.94. The molecule has 0 radical (unpaired) electrons. The van der Waals surface area contributed by atoms with Gasteiger partial charge in [0, 0.05) is 30.8 Å². The minimum absolute atomic E-state index is 0.133. The molecular weight excluding hydrogens is 356 g/mol. The smallest absolute Gasteiger partial charge is 0.261 e. The molecule has 7 nitrogen and oxygen atoms in total. The van der Waals surface area contributed by atoms with Gasteiger partial charge >= 0.3 is 0 Å². The van der Waals surface area contributed by atoms with Crippen LogP contribution in [0.4, 0.5) is 5.69 Å². The van der Waals surface area contributed by atoms with Gasteiger partial charge in [-0.25, -0.2) is 0 Å². The van der Waals surface area contributed by atoms with Gasteiger partial charge in [0.05, 0.1) is 5.56 Å². The van der Waals surface area contributed by atoms with Gasteiger partial charge in [-0.05, 0) is 50.1 Å². The van der Waals surface area contributed by atoms with Crippen LogP contribution in [0, 0.1) is 13.8 Å². The Labute approximate surface area is 163 Å². The average molecular weight is 380 g/mol. The van der Waals surface area contributed by atoms with Gasteiger partial charge in [-0.3, -0.25) is 9.59 Å². The molecule has 2 heterocycles. The summed E-state index contributed by atoms with van der Waals surface area (Å²) in [6.45, 7) is 6.53. The first-order valence-corrected chi connectivity index (χ1v) is 9.38. The molecule has 1 amide bonds. The normalized spacial score (nSPS) is 10.8. The molecule has 0 aliphatic heterocycles. The zero-order valence-electron chi connectivity index (χ0n) is 16.4. The molecule has 3 rings (SSSR count). The molecule has 0 atom stereocenters. The van der Waals surface area contributed by atoms with Gasteiger partial charge in [-0.1, -0.05) is 24.2 Å². The van der Waals surface area contributed by atoms with E-state index in [0.29, 0.717) is 24.4 Å². The number of nitrogens with zero attached hydrogens (tertiary/aromatic N) is 3. The van der Waals surface area contributed by atoms with E-state index in [9.17, 15) is 9.59 Å². The van der Waals surface area contributed by atoms with Crippen LogP contribution in [0.2, 0.25) is 0 Å². The Morgan fingerprint density at radius 1 is 1.21 bits per heavy atom. The molecule has 0 fully saturated rings. The minimum atomic E-state index is -0.133. The summed E-state index contributed by atoms with van der Waals surface area (Å²) in [4.78, 5) is 29.1. The Bertz CT molecular complexity index is 1040. The van der Waals surface area contributed by atoms with Crippen LogP contribution in [0.3, 0.4) is 0 Å². The predicted molar refractivity (Wildman–Crippen MR) is 107 cm³/mol. The fourth-order valence-corrected chi connectivity index (χ4v) is 2.98. The molecule has 28 heavy (non-hydrogen) atoms. The Kier molecular flexibility index (Phi) is 6.03. The van der Waals surface area contributed by atoms with Crippen molar-refractivity contribution >= 4 is 11.6 Å². The lowest BCUT2D eigenvalue weighted by molar-refractivity contribution is -0.116. The SMILES string of the molecule is CCCn1c(C)ccc(-c2noc(CCC(=O)Nc3cccc(C)c3)n2)c1=O. The number of hydrogen-bond donors (Lipinski definition) is 1. The van der Waals surface area contributed by atoms with Crippen LogP contribution in [-0.4, -0.2) is 20.6 Å². The van der Waals surface area contributed by atoms with Gasteiger partial charge < -0.3 is 14.4 Å². The molecule has 0 bridgehead atoms. The Morgan fingerprint density at radius 2 is 2.04 bits per heavy atom. The predicted octanol–water partition coefficient (Wildman–Crippen LogP) is 3.50. The number of rotatable bonds is 7. The van der Waals surface area contributed by atoms with E-state index in [4.69, 9.17) is 4.52 Å². The van der Waals surface area contributed by atoms with Crippen molar-refractivity contribution in [2.24, 2.45) is 0 Å². The second kappa shape index (κ2) is 8.65. The molecule has 0 spiro atoms. The van der Waals surface area contributed by atoms with Crippen LogP contribution in [0.5, 0.6) is 0 Å². The second-order valence-corrected chi connectivity index (χ2v) is 6.77. The quantitative estimate of drug-likeness (QED) is 0.677. The van der Waals surface area contributed by atoms with Crippen LogP contribution in [0.15, 0.2) is 45.7 Å². The molecule has 0 aliphatic rings. The lowest BCUT2D eigenvalue weighted by Gasteiger charge is -2.09. The summed E-state index contributed by atoms with van der Waals surface area (Å²) in [6, 6.07) is 11.2. The van der Waals surface area contributed by atoms with E-state index in [0.717, 1.165) is 23.4 Å². The van der Waals surface area contributed by atoms with E-state index in [1.165, 1.54) is 0 Å². The maximum atomic E-state index is 12.7. The Morgan fingerprint density at radius 3 is 2.79 bits per heavy atom. The number of aryl methyl sites for hydroxylation is 3. The molecule has 0 saturated carbocycles. The fourth-order valence-electron chi connectivity index (χ4n) is 2.98. The number of hydrogen-bond acceptors (Lipinski definition) is 5. The van der Waals surface area contributed by atoms with Gasteiger partial charge in [0.25, 0.3) is 5.56 Å². The summed E-state index contributed by atoms with van der Waals surface area (Å²) in [5.74, 6) is 0.450. The maximum absolute atomic E-state index is 12.7. The number of amides is 1. The standard InChI is InChI=1S/C21H24N4O3/c1-4-12-25-15(3)8-9-17(21(25)27)20-23-19(28-24-20)11-10-18(26)22-16-7-5-6-14(2)13-16/h5-9,13H,4,10-12H2,1-3H3,(H,22,26). The van der Waals surface area contributed by atoms with Gasteiger partial charge in [-0.15, -0.1) is 0 Å². The minimum Gasteiger partial charge on any atom is -0.339 e. The monoisotopic (exact) mass is 380 g/mol. The van der Waals surface area contributed by atoms with Crippen molar-refractivity contribution in [2.75, 3.05) is 5.32 Å². The van der Waals surface area contributed by atoms with Gasteiger partial charge in [-0.2, -0.15) is 4.98 Å². The number of benzene rings is 1. The highest BCUT2D eigenvalue weighted by Crippen LogP contribution is 2.14. The number of nitrogens with one attached hydrogen (secondary N) is 1. The summed E-state index contributed by atoms with van der Waals surface area (Å²) in [7, 11) is 0. The van der Waals surface area contributed by atoms with Crippen molar-refractivity contribution in [2.45, 2.75) is 46.6 Å². The first kappa shape index (κ1) is 19.5. The molecule has 0 saturated heterocycles. The molecule has 0 unspecified atom stereocenters. The first-order chi connectivity index (χ1) is 13.5. The zero-order chi connectivity index (χ0) is 20.1. The summed E-state index contributed by atoms with van der Waals surface area (Å²) in [5, 5.41) is 6.77. The van der Waals surface area contributed by atoms with E-state index in [2.05, 4.69) is 15.5 Å². The largest absolute Gasteiger partial charge is 0.339 e. The third kappa shape index (κ3) is 4.54. The number of aromatic nitrogens is 3. The highest BCUT2D eigenvalue weighted by molar-refractivity contribution is 5.90. The molecule has 0 aliphatic carbocycles. The molecule has 7 heteroatoms. The van der Waals surface area contributed by atoms with Crippen LogP contribution >= 0.6 is 0 Å². The summed E-state index contributed by atoms with van der Waals surface area (Å²) >= 11 is 0. The second-order valence-electron chi connectivity index (χ2n) is 6.77.